The van der Waals surface area contributed by atoms with Crippen molar-refractivity contribution in [1.29, 1.82) is 0 Å². The second-order valence-electron chi connectivity index (χ2n) is 4.51. The van der Waals surface area contributed by atoms with E-state index >= 15 is 0 Å². The molecule has 0 aliphatic rings. The van der Waals surface area contributed by atoms with Crippen LogP contribution in [0.3, 0.4) is 0 Å². The van der Waals surface area contributed by atoms with Crippen LogP contribution in [0.4, 0.5) is 4.79 Å². The fraction of sp³-hybridized carbons (Fsp3) is 0.133. The molecular weight excluding hydrogens is 375 g/mol. The molecule has 126 valence electrons. The predicted octanol–water partition coefficient (Wildman–Crippen LogP) is 3.24. The van der Waals surface area contributed by atoms with Gasteiger partial charge in [0.05, 0.1) is 17.1 Å². The summed E-state index contributed by atoms with van der Waals surface area (Å²) in [5.41, 5.74) is 0.0796. The van der Waals surface area contributed by atoms with Gasteiger partial charge in [0.15, 0.2) is 6.61 Å². The molecule has 0 spiro atoms. The van der Waals surface area contributed by atoms with Crippen molar-refractivity contribution in [2.24, 2.45) is 0 Å². The molecule has 6 nitrogen and oxygen atoms in total. The number of imide groups is 1. The van der Waals surface area contributed by atoms with Crippen molar-refractivity contribution in [1.82, 2.24) is 10.6 Å². The van der Waals surface area contributed by atoms with Crippen molar-refractivity contribution in [2.45, 2.75) is 6.54 Å². The van der Waals surface area contributed by atoms with Crippen LogP contribution in [0.2, 0.25) is 10.0 Å². The highest BCUT2D eigenvalue weighted by Gasteiger charge is 2.15. The smallest absolute Gasteiger partial charge is 0.340 e. The summed E-state index contributed by atoms with van der Waals surface area (Å²) in [5.74, 6) is -1.54. The third kappa shape index (κ3) is 5.52. The average molecular weight is 387 g/mol. The van der Waals surface area contributed by atoms with Crippen molar-refractivity contribution in [3.8, 4) is 0 Å². The average Bonchev–Trinajstić information content (AvgIpc) is 3.04. The molecule has 0 radical (unpaired) electrons. The lowest BCUT2D eigenvalue weighted by Gasteiger charge is -2.08. The number of hydrogen-bond donors (Lipinski definition) is 2. The number of esters is 1. The second kappa shape index (κ2) is 8.68. The van der Waals surface area contributed by atoms with E-state index < -0.39 is 24.5 Å². The number of carbonyl (C=O) groups excluding carboxylic acids is 3. The molecule has 0 bridgehead atoms. The summed E-state index contributed by atoms with van der Waals surface area (Å²) in [6, 6.07) is 7.28. The number of amides is 3. The number of thiophene rings is 1. The molecule has 2 N–H and O–H groups in total. The minimum Gasteiger partial charge on any atom is -0.452 e. The fourth-order valence-corrected chi connectivity index (χ4v) is 2.78. The molecule has 1 aromatic heterocycles. The van der Waals surface area contributed by atoms with E-state index in [1.807, 2.05) is 17.5 Å². The Balaban J connectivity index is 1.75. The van der Waals surface area contributed by atoms with Gasteiger partial charge in [-0.2, -0.15) is 0 Å². The Labute approximate surface area is 151 Å². The van der Waals surface area contributed by atoms with E-state index in [1.165, 1.54) is 29.5 Å². The van der Waals surface area contributed by atoms with Crippen LogP contribution in [0.5, 0.6) is 0 Å². The summed E-state index contributed by atoms with van der Waals surface area (Å²) in [6.07, 6.45) is 0. The highest BCUT2D eigenvalue weighted by Crippen LogP contribution is 2.21. The van der Waals surface area contributed by atoms with E-state index in [-0.39, 0.29) is 10.6 Å². The molecule has 2 aromatic rings. The molecule has 0 saturated carbocycles. The van der Waals surface area contributed by atoms with Crippen LogP contribution in [-0.2, 0) is 16.1 Å². The van der Waals surface area contributed by atoms with Crippen molar-refractivity contribution in [2.75, 3.05) is 6.61 Å². The van der Waals surface area contributed by atoms with Crippen LogP contribution in [0.15, 0.2) is 35.7 Å². The first-order chi connectivity index (χ1) is 11.5. The SMILES string of the molecule is O=C(COC(=O)c1ccc(Cl)cc1Cl)NC(=O)NCc1cccs1. The summed E-state index contributed by atoms with van der Waals surface area (Å²) < 4.78 is 4.81. The number of ether oxygens (including phenoxy) is 1. The summed E-state index contributed by atoms with van der Waals surface area (Å²) in [7, 11) is 0. The molecule has 0 atom stereocenters. The number of nitrogens with one attached hydrogen (secondary N) is 2. The zero-order valence-electron chi connectivity index (χ0n) is 12.2. The maximum absolute atomic E-state index is 11.8. The van der Waals surface area contributed by atoms with E-state index in [2.05, 4.69) is 10.6 Å². The summed E-state index contributed by atoms with van der Waals surface area (Å²) in [6.45, 7) is -0.304. The first-order valence-electron chi connectivity index (χ1n) is 6.68. The number of carbonyl (C=O) groups is 3. The fourth-order valence-electron chi connectivity index (χ4n) is 1.65. The van der Waals surface area contributed by atoms with Gasteiger partial charge in [-0.25, -0.2) is 9.59 Å². The molecule has 2 rings (SSSR count). The van der Waals surface area contributed by atoms with Crippen LogP contribution >= 0.6 is 34.5 Å². The highest BCUT2D eigenvalue weighted by atomic mass is 35.5. The molecular formula is C15H12Cl2N2O4S. The van der Waals surface area contributed by atoms with Gasteiger partial charge in [0.1, 0.15) is 0 Å². The molecule has 1 aromatic carbocycles. The maximum atomic E-state index is 11.8. The highest BCUT2D eigenvalue weighted by molar-refractivity contribution is 7.09. The number of hydrogen-bond acceptors (Lipinski definition) is 5. The minimum absolute atomic E-state index is 0.0796. The Morgan fingerprint density at radius 2 is 1.96 bits per heavy atom. The van der Waals surface area contributed by atoms with Gasteiger partial charge in [0.2, 0.25) is 0 Å². The lowest BCUT2D eigenvalue weighted by Crippen LogP contribution is -2.41. The Morgan fingerprint density at radius 3 is 2.62 bits per heavy atom. The van der Waals surface area contributed by atoms with Gasteiger partial charge >= 0.3 is 12.0 Å². The zero-order valence-corrected chi connectivity index (χ0v) is 14.5. The van der Waals surface area contributed by atoms with Gasteiger partial charge in [0.25, 0.3) is 5.91 Å². The molecule has 3 amide bonds. The number of halogens is 2. The van der Waals surface area contributed by atoms with E-state index in [0.29, 0.717) is 11.6 Å². The van der Waals surface area contributed by atoms with Gasteiger partial charge in [-0.1, -0.05) is 29.3 Å². The molecule has 0 saturated heterocycles. The Morgan fingerprint density at radius 1 is 1.17 bits per heavy atom. The Hall–Kier alpha value is -2.09. The number of benzene rings is 1. The van der Waals surface area contributed by atoms with Gasteiger partial charge in [-0.05, 0) is 29.6 Å². The van der Waals surface area contributed by atoms with Crippen LogP contribution in [0.25, 0.3) is 0 Å². The van der Waals surface area contributed by atoms with Gasteiger partial charge in [-0.3, -0.25) is 10.1 Å². The van der Waals surface area contributed by atoms with Crippen molar-refractivity contribution in [3.63, 3.8) is 0 Å². The van der Waals surface area contributed by atoms with Gasteiger partial charge in [0, 0.05) is 9.90 Å². The van der Waals surface area contributed by atoms with Crippen LogP contribution in [0.1, 0.15) is 15.2 Å². The second-order valence-corrected chi connectivity index (χ2v) is 6.39. The van der Waals surface area contributed by atoms with Crippen molar-refractivity contribution >= 4 is 52.4 Å². The lowest BCUT2D eigenvalue weighted by molar-refractivity contribution is -0.123. The first-order valence-corrected chi connectivity index (χ1v) is 8.31. The number of urea groups is 1. The summed E-state index contributed by atoms with van der Waals surface area (Å²) in [4.78, 5) is 35.9. The van der Waals surface area contributed by atoms with Crippen LogP contribution in [0, 0.1) is 0 Å². The maximum Gasteiger partial charge on any atom is 0.340 e. The molecule has 1 heterocycles. The van der Waals surface area contributed by atoms with E-state index in [9.17, 15) is 14.4 Å². The predicted molar refractivity (Wildman–Crippen MR) is 91.4 cm³/mol. The van der Waals surface area contributed by atoms with Crippen LogP contribution < -0.4 is 10.6 Å². The molecule has 0 fully saturated rings. The van der Waals surface area contributed by atoms with E-state index in [4.69, 9.17) is 27.9 Å². The zero-order chi connectivity index (χ0) is 17.5. The van der Waals surface area contributed by atoms with Crippen molar-refractivity contribution in [3.05, 3.63) is 56.2 Å². The van der Waals surface area contributed by atoms with Crippen molar-refractivity contribution < 1.29 is 19.1 Å². The normalized spacial score (nSPS) is 10.1. The largest absolute Gasteiger partial charge is 0.452 e. The van der Waals surface area contributed by atoms with Gasteiger partial charge in [-0.15, -0.1) is 11.3 Å². The lowest BCUT2D eigenvalue weighted by atomic mass is 10.2. The van der Waals surface area contributed by atoms with Gasteiger partial charge < -0.3 is 10.1 Å². The molecule has 0 aliphatic carbocycles. The number of rotatable bonds is 5. The standard InChI is InChI=1S/C15H12Cl2N2O4S/c16-9-3-4-11(12(17)6-9)14(21)23-8-13(20)19-15(22)18-7-10-2-1-5-24-10/h1-6H,7-8H2,(H2,18,19,20,22). The molecule has 24 heavy (non-hydrogen) atoms. The third-order valence-corrected chi connectivity index (χ3v) is 4.17. The summed E-state index contributed by atoms with van der Waals surface area (Å²) in [5, 5.41) is 6.93. The molecule has 9 heteroatoms. The summed E-state index contributed by atoms with van der Waals surface area (Å²) >= 11 is 13.1. The monoisotopic (exact) mass is 386 g/mol. The van der Waals surface area contributed by atoms with E-state index in [1.54, 1.807) is 0 Å². The quantitative estimate of drug-likeness (QED) is 0.772. The van der Waals surface area contributed by atoms with Crippen LogP contribution in [-0.4, -0.2) is 24.5 Å². The first kappa shape index (κ1) is 18.3. The molecule has 0 aliphatic heterocycles. The molecule has 0 unspecified atom stereocenters. The van der Waals surface area contributed by atoms with E-state index in [0.717, 1.165) is 4.88 Å². The Bertz CT molecular complexity index is 750. The minimum atomic E-state index is -0.786. The topological polar surface area (TPSA) is 84.5 Å². The Kier molecular flexibility index (Phi) is 6.60. The third-order valence-electron chi connectivity index (χ3n) is 2.74.